The summed E-state index contributed by atoms with van der Waals surface area (Å²) in [6.07, 6.45) is -2.85. The van der Waals surface area contributed by atoms with Crippen molar-refractivity contribution in [2.75, 3.05) is 0 Å². The van der Waals surface area contributed by atoms with E-state index in [1.807, 2.05) is 0 Å². The van der Waals surface area contributed by atoms with Gasteiger partial charge in [-0.2, -0.15) is 0 Å². The molecule has 1 saturated heterocycles. The van der Waals surface area contributed by atoms with E-state index < -0.39 is 52.2 Å². The monoisotopic (exact) mass is 414 g/mol. The van der Waals surface area contributed by atoms with Crippen LogP contribution in [0.1, 0.15) is 39.5 Å². The van der Waals surface area contributed by atoms with E-state index in [0.717, 1.165) is 32.3 Å². The molecule has 5 atom stereocenters. The second-order valence-electron chi connectivity index (χ2n) is 7.16. The number of ketones is 3. The molecule has 0 radical (unpaired) electrons. The van der Waals surface area contributed by atoms with Crippen molar-refractivity contribution in [3.8, 4) is 0 Å². The Bertz CT molecular complexity index is 984. The van der Waals surface area contributed by atoms with Crippen LogP contribution in [-0.2, 0) is 19.1 Å². The molecule has 10 nitrogen and oxygen atoms in total. The first-order valence-corrected chi connectivity index (χ1v) is 8.72. The number of ether oxygens (including phenoxy) is 1. The molecule has 11 heteroatoms. The predicted octanol–water partition coefficient (Wildman–Crippen LogP) is -0.908. The number of aromatic amines is 1. The third-order valence-electron chi connectivity index (χ3n) is 5.34. The number of nitrogens with one attached hydrogen (secondary N) is 1. The lowest BCUT2D eigenvalue weighted by atomic mass is 9.67. The fraction of sp³-hybridized carbons (Fsp3) is 0.588. The standard InChI is InChI=1S/C17H22N2O8S/c1-7-6-19(14(24)18-12(7)28)13-16(25,9(3)21)17(26,10(4)22)15(5,27-13)11(23)8(2)20/h6,11,13,23,25-26H,1-5H3,(H,18,24,28)/t11?,13-,15-,16+,17-/m1/s1. The average Bonchev–Trinajstić information content (AvgIpc) is 2.78. The summed E-state index contributed by atoms with van der Waals surface area (Å²) < 4.78 is 6.43. The smallest absolute Gasteiger partial charge is 0.328 e. The first-order valence-electron chi connectivity index (χ1n) is 8.31. The summed E-state index contributed by atoms with van der Waals surface area (Å²) in [6, 6.07) is 0. The predicted molar refractivity (Wildman–Crippen MR) is 97.1 cm³/mol. The first kappa shape index (κ1) is 22.2. The third kappa shape index (κ3) is 2.65. The van der Waals surface area contributed by atoms with Gasteiger partial charge in [0.15, 0.2) is 29.2 Å². The number of carbonyl (C=O) groups excluding carboxylic acids is 3. The molecule has 0 spiro atoms. The van der Waals surface area contributed by atoms with E-state index in [1.165, 1.54) is 13.1 Å². The fourth-order valence-electron chi connectivity index (χ4n) is 3.67. The number of hydrogen-bond donors (Lipinski definition) is 4. The van der Waals surface area contributed by atoms with Crippen molar-refractivity contribution >= 4 is 29.6 Å². The molecular weight excluding hydrogens is 392 g/mol. The maximum atomic E-state index is 12.5. The summed E-state index contributed by atoms with van der Waals surface area (Å²) in [5, 5.41) is 32.9. The van der Waals surface area contributed by atoms with Gasteiger partial charge in [-0.15, -0.1) is 0 Å². The van der Waals surface area contributed by atoms with Crippen molar-refractivity contribution in [1.82, 2.24) is 9.55 Å². The molecule has 4 N–H and O–H groups in total. The molecule has 1 aromatic rings. The van der Waals surface area contributed by atoms with Crippen molar-refractivity contribution < 1.29 is 34.4 Å². The molecule has 1 aliphatic heterocycles. The maximum absolute atomic E-state index is 12.5. The molecule has 1 fully saturated rings. The maximum Gasteiger partial charge on any atom is 0.328 e. The summed E-state index contributed by atoms with van der Waals surface area (Å²) in [5.41, 5.74) is -8.99. The largest absolute Gasteiger partial charge is 0.382 e. The van der Waals surface area contributed by atoms with Gasteiger partial charge < -0.3 is 20.1 Å². The second-order valence-corrected chi connectivity index (χ2v) is 7.57. The molecule has 154 valence electrons. The Balaban J connectivity index is 2.93. The van der Waals surface area contributed by atoms with Gasteiger partial charge in [0.2, 0.25) is 5.60 Å². The van der Waals surface area contributed by atoms with Crippen molar-refractivity contribution in [1.29, 1.82) is 0 Å². The van der Waals surface area contributed by atoms with E-state index in [1.54, 1.807) is 0 Å². The number of H-pyrrole nitrogens is 1. The summed E-state index contributed by atoms with van der Waals surface area (Å²) in [7, 11) is 0. The van der Waals surface area contributed by atoms with Crippen LogP contribution in [0, 0.1) is 11.6 Å². The Morgan fingerprint density at radius 1 is 1.25 bits per heavy atom. The highest BCUT2D eigenvalue weighted by molar-refractivity contribution is 7.71. The highest BCUT2D eigenvalue weighted by Crippen LogP contribution is 2.53. The summed E-state index contributed by atoms with van der Waals surface area (Å²) in [6.45, 7) is 5.29. The Labute approximate surface area is 164 Å². The molecule has 0 saturated carbocycles. The van der Waals surface area contributed by atoms with Crippen molar-refractivity contribution in [2.24, 2.45) is 0 Å². The van der Waals surface area contributed by atoms with E-state index in [-0.39, 0.29) is 4.64 Å². The Morgan fingerprint density at radius 3 is 2.21 bits per heavy atom. The van der Waals surface area contributed by atoms with E-state index >= 15 is 0 Å². The zero-order valence-corrected chi connectivity index (χ0v) is 16.8. The van der Waals surface area contributed by atoms with Crippen LogP contribution < -0.4 is 5.69 Å². The van der Waals surface area contributed by atoms with Crippen LogP contribution in [0.2, 0.25) is 0 Å². The number of aryl methyl sites for hydroxylation is 1. The van der Waals surface area contributed by atoms with Crippen molar-refractivity contribution in [3.05, 3.63) is 26.9 Å². The summed E-state index contributed by atoms with van der Waals surface area (Å²) >= 11 is 4.96. The van der Waals surface area contributed by atoms with Gasteiger partial charge in [0, 0.05) is 11.8 Å². The zero-order valence-electron chi connectivity index (χ0n) is 16.0. The van der Waals surface area contributed by atoms with Crippen molar-refractivity contribution in [3.63, 3.8) is 0 Å². The van der Waals surface area contributed by atoms with Crippen LogP contribution in [0.3, 0.4) is 0 Å². The molecule has 0 amide bonds. The Kier molecular flexibility index (Phi) is 5.38. The number of Topliss-reactive ketones (excluding diaryl/α,β-unsaturated/α-hetero) is 3. The lowest BCUT2D eigenvalue weighted by molar-refractivity contribution is -0.201. The minimum atomic E-state index is -3.04. The summed E-state index contributed by atoms with van der Waals surface area (Å²) in [5.74, 6) is -3.13. The van der Waals surface area contributed by atoms with Gasteiger partial charge in [0.1, 0.15) is 16.3 Å². The third-order valence-corrected chi connectivity index (χ3v) is 5.76. The number of aromatic nitrogens is 2. The van der Waals surface area contributed by atoms with Gasteiger partial charge in [0.05, 0.1) is 0 Å². The van der Waals surface area contributed by atoms with Crippen LogP contribution in [0.15, 0.2) is 11.0 Å². The average molecular weight is 414 g/mol. The Hall–Kier alpha value is -2.05. The second kappa shape index (κ2) is 6.78. The van der Waals surface area contributed by atoms with Gasteiger partial charge in [0.25, 0.3) is 0 Å². The van der Waals surface area contributed by atoms with Gasteiger partial charge in [-0.1, -0.05) is 12.2 Å². The highest BCUT2D eigenvalue weighted by Gasteiger charge is 2.79. The SMILES string of the molecule is CC(=O)C(O)[C@@]1(C)O[C@@H](n2cc(C)c(=S)[nH]c2=O)[C@@](O)(C(C)=O)[C@@]1(O)C(C)=O. The molecule has 0 aromatic carbocycles. The van der Waals surface area contributed by atoms with E-state index in [4.69, 9.17) is 17.0 Å². The minimum absolute atomic E-state index is 0.0963. The number of hydrogen-bond acceptors (Lipinski definition) is 9. The molecule has 2 heterocycles. The van der Waals surface area contributed by atoms with Crippen LogP contribution in [0.25, 0.3) is 0 Å². The molecular formula is C17H22N2O8S. The Morgan fingerprint density at radius 2 is 1.79 bits per heavy atom. The number of carbonyl (C=O) groups is 3. The molecule has 1 aromatic heterocycles. The topological polar surface area (TPSA) is 159 Å². The van der Waals surface area contributed by atoms with Gasteiger partial charge in [-0.3, -0.25) is 23.9 Å². The van der Waals surface area contributed by atoms with Gasteiger partial charge in [-0.25, -0.2) is 4.79 Å². The minimum Gasteiger partial charge on any atom is -0.382 e. The molecule has 2 rings (SSSR count). The van der Waals surface area contributed by atoms with E-state index in [2.05, 4.69) is 4.98 Å². The number of aliphatic hydroxyl groups is 3. The quantitative estimate of drug-likeness (QED) is 0.447. The lowest BCUT2D eigenvalue weighted by Crippen LogP contribution is -2.72. The van der Waals surface area contributed by atoms with Crippen LogP contribution in [0.5, 0.6) is 0 Å². The van der Waals surface area contributed by atoms with Crippen LogP contribution in [-0.4, -0.2) is 65.1 Å². The van der Waals surface area contributed by atoms with E-state index in [0.29, 0.717) is 5.56 Å². The number of rotatable bonds is 5. The number of aliphatic hydroxyl groups excluding tert-OH is 1. The number of nitrogens with zero attached hydrogens (tertiary/aromatic N) is 1. The molecule has 1 unspecified atom stereocenters. The van der Waals surface area contributed by atoms with Gasteiger partial charge in [-0.05, 0) is 34.6 Å². The summed E-state index contributed by atoms with van der Waals surface area (Å²) in [4.78, 5) is 51.5. The van der Waals surface area contributed by atoms with Crippen LogP contribution >= 0.6 is 12.2 Å². The van der Waals surface area contributed by atoms with E-state index in [9.17, 15) is 34.5 Å². The normalized spacial score (nSPS) is 33.5. The highest BCUT2D eigenvalue weighted by atomic mass is 32.1. The van der Waals surface area contributed by atoms with Crippen LogP contribution in [0.4, 0.5) is 0 Å². The van der Waals surface area contributed by atoms with Crippen molar-refractivity contribution in [2.45, 2.75) is 63.8 Å². The molecule has 1 aliphatic rings. The fourth-order valence-corrected chi connectivity index (χ4v) is 3.81. The zero-order chi connectivity index (χ0) is 21.8. The molecule has 28 heavy (non-hydrogen) atoms. The first-order chi connectivity index (χ1) is 12.7. The lowest BCUT2D eigenvalue weighted by Gasteiger charge is -2.42. The van der Waals surface area contributed by atoms with Gasteiger partial charge >= 0.3 is 5.69 Å². The molecule has 0 aliphatic carbocycles. The molecule has 0 bridgehead atoms.